The summed E-state index contributed by atoms with van der Waals surface area (Å²) in [5.41, 5.74) is 4.84. The molecule has 0 amide bonds. The van der Waals surface area contributed by atoms with E-state index in [0.717, 1.165) is 17.0 Å². The van der Waals surface area contributed by atoms with E-state index in [1.54, 1.807) is 12.2 Å². The molecule has 1 aromatic heterocycles. The standard InChI is InChI=1S/C32H25N3O/c1-32(2,3)31-20-23(28(21-33)34-4)19-25(36-31)18-15-22-13-16-24(17-14-22)35-29-11-7-5-9-26(29)27-10-6-8-12-30(27)35/h5-20H,1-3H3. The summed E-state index contributed by atoms with van der Waals surface area (Å²) in [7, 11) is 0. The Kier molecular flexibility index (Phi) is 5.80. The van der Waals surface area contributed by atoms with Gasteiger partial charge in [-0.25, -0.2) is 10.1 Å². The molecular formula is C32H25N3O. The summed E-state index contributed by atoms with van der Waals surface area (Å²) >= 11 is 0. The molecule has 5 rings (SSSR count). The van der Waals surface area contributed by atoms with Crippen LogP contribution in [0.1, 0.15) is 26.3 Å². The molecule has 4 aromatic rings. The van der Waals surface area contributed by atoms with E-state index in [1.165, 1.54) is 21.8 Å². The third-order valence-electron chi connectivity index (χ3n) is 6.21. The monoisotopic (exact) mass is 467 g/mol. The van der Waals surface area contributed by atoms with Crippen LogP contribution in [0.2, 0.25) is 0 Å². The molecule has 0 unspecified atom stereocenters. The first-order chi connectivity index (χ1) is 17.4. The highest BCUT2D eigenvalue weighted by atomic mass is 16.5. The van der Waals surface area contributed by atoms with Crippen molar-refractivity contribution in [3.05, 3.63) is 131 Å². The van der Waals surface area contributed by atoms with E-state index >= 15 is 0 Å². The smallest absolute Gasteiger partial charge is 0.269 e. The van der Waals surface area contributed by atoms with Crippen LogP contribution in [0.15, 0.2) is 114 Å². The summed E-state index contributed by atoms with van der Waals surface area (Å²) in [4.78, 5) is 3.37. The second-order valence-corrected chi connectivity index (χ2v) is 9.73. The maximum atomic E-state index is 9.36. The van der Waals surface area contributed by atoms with E-state index in [4.69, 9.17) is 11.3 Å². The number of para-hydroxylation sites is 2. The van der Waals surface area contributed by atoms with Crippen molar-refractivity contribution in [2.75, 3.05) is 0 Å². The van der Waals surface area contributed by atoms with Crippen LogP contribution in [0.4, 0.5) is 0 Å². The van der Waals surface area contributed by atoms with Crippen molar-refractivity contribution in [3.63, 3.8) is 0 Å². The maximum Gasteiger partial charge on any atom is 0.269 e. The molecule has 0 aliphatic carbocycles. The van der Waals surface area contributed by atoms with Crippen molar-refractivity contribution in [3.8, 4) is 11.8 Å². The third-order valence-corrected chi connectivity index (χ3v) is 6.21. The zero-order valence-electron chi connectivity index (χ0n) is 20.5. The zero-order chi connectivity index (χ0) is 25.3. The van der Waals surface area contributed by atoms with Crippen LogP contribution < -0.4 is 0 Å². The summed E-state index contributed by atoms with van der Waals surface area (Å²) in [6, 6.07) is 27.3. The van der Waals surface area contributed by atoms with Crippen LogP contribution >= 0.6 is 0 Å². The van der Waals surface area contributed by atoms with E-state index in [9.17, 15) is 5.26 Å². The Morgan fingerprint density at radius 3 is 2.06 bits per heavy atom. The lowest BCUT2D eigenvalue weighted by molar-refractivity contribution is 0.223. The number of fused-ring (bicyclic) bond motifs is 3. The molecule has 3 aromatic carbocycles. The van der Waals surface area contributed by atoms with Crippen molar-refractivity contribution < 1.29 is 4.74 Å². The largest absolute Gasteiger partial charge is 0.461 e. The molecule has 1 aliphatic heterocycles. The van der Waals surface area contributed by atoms with Crippen LogP contribution in [0, 0.1) is 23.3 Å². The zero-order valence-corrected chi connectivity index (χ0v) is 20.5. The van der Waals surface area contributed by atoms with Gasteiger partial charge in [-0.2, -0.15) is 0 Å². The lowest BCUT2D eigenvalue weighted by atomic mass is 9.91. The number of hydrogen-bond acceptors (Lipinski definition) is 2. The number of nitriles is 1. The van der Waals surface area contributed by atoms with Crippen LogP contribution in [-0.2, 0) is 4.74 Å². The Hall–Kier alpha value is -4.80. The van der Waals surface area contributed by atoms with Gasteiger partial charge in [0.1, 0.15) is 11.5 Å². The molecule has 0 radical (unpaired) electrons. The molecule has 174 valence electrons. The predicted octanol–water partition coefficient (Wildman–Crippen LogP) is 8.34. The Bertz CT molecular complexity index is 1620. The second-order valence-electron chi connectivity index (χ2n) is 9.73. The number of benzene rings is 3. The minimum Gasteiger partial charge on any atom is -0.461 e. The topological polar surface area (TPSA) is 42.3 Å². The molecule has 0 N–H and O–H groups in total. The minimum atomic E-state index is -0.259. The van der Waals surface area contributed by atoms with E-state index in [-0.39, 0.29) is 11.1 Å². The van der Waals surface area contributed by atoms with Crippen molar-refractivity contribution in [2.45, 2.75) is 20.8 Å². The summed E-state index contributed by atoms with van der Waals surface area (Å²) in [5, 5.41) is 11.8. The minimum absolute atomic E-state index is 0.0569. The molecule has 0 saturated heterocycles. The van der Waals surface area contributed by atoms with Crippen LogP contribution in [0.5, 0.6) is 0 Å². The van der Waals surface area contributed by atoms with Gasteiger partial charge in [0.15, 0.2) is 0 Å². The summed E-state index contributed by atoms with van der Waals surface area (Å²) in [6.07, 6.45) is 7.39. The van der Waals surface area contributed by atoms with Crippen molar-refractivity contribution in [2.24, 2.45) is 5.41 Å². The fourth-order valence-electron chi connectivity index (χ4n) is 4.38. The summed E-state index contributed by atoms with van der Waals surface area (Å²) in [5.74, 6) is 1.32. The van der Waals surface area contributed by atoms with Gasteiger partial charge in [0.2, 0.25) is 0 Å². The molecule has 36 heavy (non-hydrogen) atoms. The van der Waals surface area contributed by atoms with Gasteiger partial charge in [-0.15, -0.1) is 0 Å². The predicted molar refractivity (Wildman–Crippen MR) is 146 cm³/mol. The molecule has 2 heterocycles. The maximum absolute atomic E-state index is 9.36. The van der Waals surface area contributed by atoms with Gasteiger partial charge in [0.25, 0.3) is 5.70 Å². The number of allylic oxidation sites excluding steroid dienone is 6. The van der Waals surface area contributed by atoms with Crippen molar-refractivity contribution in [1.82, 2.24) is 4.57 Å². The molecule has 0 bridgehead atoms. The van der Waals surface area contributed by atoms with Gasteiger partial charge in [0, 0.05) is 21.9 Å². The van der Waals surface area contributed by atoms with E-state index in [2.05, 4.69) is 82.2 Å². The first-order valence-corrected chi connectivity index (χ1v) is 11.8. The second kappa shape index (κ2) is 9.10. The molecule has 0 atom stereocenters. The fourth-order valence-corrected chi connectivity index (χ4v) is 4.38. The number of aromatic nitrogens is 1. The molecule has 0 spiro atoms. The quantitative estimate of drug-likeness (QED) is 0.224. The summed E-state index contributed by atoms with van der Waals surface area (Å²) in [6.45, 7) is 13.5. The van der Waals surface area contributed by atoms with Crippen molar-refractivity contribution in [1.29, 1.82) is 5.26 Å². The molecule has 0 saturated carbocycles. The van der Waals surface area contributed by atoms with E-state index in [1.807, 2.05) is 39.0 Å². The molecular weight excluding hydrogens is 442 g/mol. The van der Waals surface area contributed by atoms with Gasteiger partial charge in [0.05, 0.1) is 23.7 Å². The Labute approximate surface area is 211 Å². The van der Waals surface area contributed by atoms with Crippen LogP contribution in [0.25, 0.3) is 38.4 Å². The average molecular weight is 468 g/mol. The highest BCUT2D eigenvalue weighted by molar-refractivity contribution is 6.09. The third kappa shape index (κ3) is 4.22. The highest BCUT2D eigenvalue weighted by Gasteiger charge is 2.24. The number of ether oxygens (including phenoxy) is 1. The van der Waals surface area contributed by atoms with Gasteiger partial charge >= 0.3 is 0 Å². The lowest BCUT2D eigenvalue weighted by Gasteiger charge is -2.26. The van der Waals surface area contributed by atoms with Crippen LogP contribution in [0.3, 0.4) is 0 Å². The molecule has 1 aliphatic rings. The lowest BCUT2D eigenvalue weighted by Crippen LogP contribution is -2.14. The molecule has 0 fully saturated rings. The Morgan fingerprint density at radius 1 is 0.889 bits per heavy atom. The molecule has 4 heteroatoms. The number of nitrogens with zero attached hydrogens (tertiary/aromatic N) is 3. The van der Waals surface area contributed by atoms with Gasteiger partial charge < -0.3 is 9.30 Å². The number of hydrogen-bond donors (Lipinski definition) is 0. The SMILES string of the molecule is [C-]#[N+]C(C#N)=C1C=C(C=Cc2ccc(-n3c4ccccc4c4ccccc43)cc2)OC(C(C)(C)C)=C1. The Morgan fingerprint density at radius 2 is 1.50 bits per heavy atom. The normalized spacial score (nSPS) is 15.2. The van der Waals surface area contributed by atoms with Crippen LogP contribution in [-0.4, -0.2) is 4.57 Å². The van der Waals surface area contributed by atoms with Gasteiger partial charge in [-0.05, 0) is 53.6 Å². The summed E-state index contributed by atoms with van der Waals surface area (Å²) < 4.78 is 8.39. The van der Waals surface area contributed by atoms with E-state index in [0.29, 0.717) is 11.3 Å². The first-order valence-electron chi connectivity index (χ1n) is 11.8. The van der Waals surface area contributed by atoms with Gasteiger partial charge in [-0.3, -0.25) is 0 Å². The fraction of sp³-hybridized carbons (Fsp3) is 0.125. The average Bonchev–Trinajstić information content (AvgIpc) is 3.22. The van der Waals surface area contributed by atoms with Gasteiger partial charge in [-0.1, -0.05) is 75.4 Å². The number of rotatable bonds is 3. The van der Waals surface area contributed by atoms with E-state index < -0.39 is 0 Å². The van der Waals surface area contributed by atoms with Crippen molar-refractivity contribution >= 4 is 27.9 Å². The highest BCUT2D eigenvalue weighted by Crippen LogP contribution is 2.35. The Balaban J connectivity index is 1.48. The molecule has 4 nitrogen and oxygen atoms in total. The first kappa shape index (κ1) is 23.0.